The minimum Gasteiger partial charge on any atom is -0.497 e. The molecule has 3 aromatic rings. The highest BCUT2D eigenvalue weighted by atomic mass is 16.5. The smallest absolute Gasteiger partial charge is 0.275 e. The number of carbonyl (C=O) groups excluding carboxylic acids is 2. The van der Waals surface area contributed by atoms with E-state index in [0.29, 0.717) is 29.4 Å². The number of nitrogens with zero attached hydrogens (tertiary/aromatic N) is 2. The number of anilines is 1. The van der Waals surface area contributed by atoms with Crippen LogP contribution < -0.4 is 19.7 Å². The summed E-state index contributed by atoms with van der Waals surface area (Å²) < 4.78 is 12.8. The average Bonchev–Trinajstić information content (AvgIpc) is 3.22. The van der Waals surface area contributed by atoms with Gasteiger partial charge in [-0.1, -0.05) is 25.3 Å². The van der Waals surface area contributed by atoms with Crippen LogP contribution in [-0.2, 0) is 11.3 Å². The molecular weight excluding hydrogens is 430 g/mol. The van der Waals surface area contributed by atoms with Crippen molar-refractivity contribution in [1.29, 1.82) is 0 Å². The summed E-state index contributed by atoms with van der Waals surface area (Å²) >= 11 is 0. The van der Waals surface area contributed by atoms with Gasteiger partial charge in [-0.05, 0) is 50.1 Å². The Morgan fingerprint density at radius 3 is 2.47 bits per heavy atom. The molecule has 1 saturated carbocycles. The lowest BCUT2D eigenvalue weighted by molar-refractivity contribution is -0.127. The molecule has 178 valence electrons. The maximum absolute atomic E-state index is 14.0. The van der Waals surface area contributed by atoms with Crippen molar-refractivity contribution in [3.05, 3.63) is 54.2 Å². The van der Waals surface area contributed by atoms with Gasteiger partial charge >= 0.3 is 0 Å². The highest BCUT2D eigenvalue weighted by Crippen LogP contribution is 2.38. The molecule has 7 nitrogen and oxygen atoms in total. The normalized spacial score (nSPS) is 20.8. The van der Waals surface area contributed by atoms with Crippen LogP contribution in [0.15, 0.2) is 48.5 Å². The van der Waals surface area contributed by atoms with Crippen LogP contribution in [0.1, 0.15) is 49.5 Å². The number of amides is 2. The van der Waals surface area contributed by atoms with Gasteiger partial charge in [-0.2, -0.15) is 0 Å². The largest absolute Gasteiger partial charge is 0.497 e. The van der Waals surface area contributed by atoms with E-state index in [4.69, 9.17) is 9.47 Å². The number of rotatable bonds is 5. The second kappa shape index (κ2) is 8.70. The molecule has 1 atom stereocenters. The first-order chi connectivity index (χ1) is 16.4. The molecule has 1 fully saturated rings. The summed E-state index contributed by atoms with van der Waals surface area (Å²) in [5.41, 5.74) is 0.946. The van der Waals surface area contributed by atoms with Gasteiger partial charge in [0.15, 0.2) is 0 Å². The number of benzene rings is 2. The zero-order valence-corrected chi connectivity index (χ0v) is 20.0. The lowest BCUT2D eigenvalue weighted by Gasteiger charge is -2.44. The summed E-state index contributed by atoms with van der Waals surface area (Å²) in [7, 11) is 3.22. The van der Waals surface area contributed by atoms with Crippen molar-refractivity contribution in [2.45, 2.75) is 57.2 Å². The van der Waals surface area contributed by atoms with Crippen LogP contribution in [0.2, 0.25) is 0 Å². The molecule has 34 heavy (non-hydrogen) atoms. The van der Waals surface area contributed by atoms with Crippen molar-refractivity contribution in [3.63, 3.8) is 0 Å². The monoisotopic (exact) mass is 461 g/mol. The lowest BCUT2D eigenvalue weighted by atomic mass is 9.91. The first-order valence-electron chi connectivity index (χ1n) is 11.9. The van der Waals surface area contributed by atoms with Crippen LogP contribution in [0.3, 0.4) is 0 Å². The van der Waals surface area contributed by atoms with E-state index in [-0.39, 0.29) is 17.9 Å². The number of aromatic nitrogens is 1. The highest BCUT2D eigenvalue weighted by molar-refractivity contribution is 6.14. The van der Waals surface area contributed by atoms with Crippen molar-refractivity contribution >= 4 is 28.4 Å². The summed E-state index contributed by atoms with van der Waals surface area (Å²) in [6.45, 7) is 2.19. The number of hydrogen-bond acceptors (Lipinski definition) is 4. The number of methoxy groups -OCH3 is 2. The maximum Gasteiger partial charge on any atom is 0.275 e. The van der Waals surface area contributed by atoms with Gasteiger partial charge in [0.05, 0.1) is 26.3 Å². The zero-order chi connectivity index (χ0) is 23.9. The molecular formula is C27H31N3O4. The second-order valence-electron chi connectivity index (χ2n) is 9.46. The molecule has 1 aliphatic carbocycles. The molecule has 2 aromatic carbocycles. The molecule has 0 spiro atoms. The Balaban J connectivity index is 1.63. The average molecular weight is 462 g/mol. The van der Waals surface area contributed by atoms with Crippen molar-refractivity contribution in [2.75, 3.05) is 19.1 Å². The number of nitrogens with one attached hydrogen (secondary N) is 1. The predicted molar refractivity (Wildman–Crippen MR) is 132 cm³/mol. The SMILES string of the molecule is COc1cccc(N2C(=O)c3cc4ccc(OC)cc4n3C[C@]2(C)C(=O)NC2CCCCC2)c1. The molecule has 1 N–H and O–H groups in total. The second-order valence-corrected chi connectivity index (χ2v) is 9.46. The Labute approximate surface area is 199 Å². The molecule has 0 saturated heterocycles. The fourth-order valence-corrected chi connectivity index (χ4v) is 5.34. The van der Waals surface area contributed by atoms with Crippen LogP contribution in [0.4, 0.5) is 5.69 Å². The van der Waals surface area contributed by atoms with Gasteiger partial charge in [-0.25, -0.2) is 0 Å². The van der Waals surface area contributed by atoms with Crippen LogP contribution in [0.5, 0.6) is 11.5 Å². The van der Waals surface area contributed by atoms with E-state index in [1.165, 1.54) is 6.42 Å². The summed E-state index contributed by atoms with van der Waals surface area (Å²) in [4.78, 5) is 29.5. The Bertz CT molecular complexity index is 1240. The molecule has 7 heteroatoms. The Morgan fingerprint density at radius 1 is 1.00 bits per heavy atom. The first-order valence-corrected chi connectivity index (χ1v) is 11.9. The van der Waals surface area contributed by atoms with E-state index in [0.717, 1.165) is 36.6 Å². The van der Waals surface area contributed by atoms with Crippen LogP contribution >= 0.6 is 0 Å². The molecule has 2 heterocycles. The predicted octanol–water partition coefficient (Wildman–Crippen LogP) is 4.53. The number of hydrogen-bond donors (Lipinski definition) is 1. The Morgan fingerprint density at radius 2 is 1.74 bits per heavy atom. The van der Waals surface area contributed by atoms with E-state index in [9.17, 15) is 9.59 Å². The standard InChI is InChI=1S/C27H31N3O4/c1-27(26(32)28-19-8-5-4-6-9-19)17-29-23-16-22(34-3)13-12-18(23)14-24(29)25(31)30(27)20-10-7-11-21(15-20)33-2/h7,10-16,19H,4-6,8-9,17H2,1-3H3,(H,28,32)/t27-/m1/s1. The summed E-state index contributed by atoms with van der Waals surface area (Å²) in [6, 6.07) is 15.1. The topological polar surface area (TPSA) is 72.8 Å². The molecule has 5 rings (SSSR count). The van der Waals surface area contributed by atoms with Gasteiger partial charge in [0.25, 0.3) is 5.91 Å². The van der Waals surface area contributed by atoms with Gasteiger partial charge in [0.1, 0.15) is 22.7 Å². The third-order valence-electron chi connectivity index (χ3n) is 7.23. The van der Waals surface area contributed by atoms with Crippen LogP contribution in [0.25, 0.3) is 10.9 Å². The summed E-state index contributed by atoms with van der Waals surface area (Å²) in [6.07, 6.45) is 5.39. The Hall–Kier alpha value is -3.48. The van der Waals surface area contributed by atoms with Gasteiger partial charge < -0.3 is 19.4 Å². The van der Waals surface area contributed by atoms with Crippen molar-refractivity contribution < 1.29 is 19.1 Å². The van der Waals surface area contributed by atoms with Crippen molar-refractivity contribution in [1.82, 2.24) is 9.88 Å². The third-order valence-corrected chi connectivity index (χ3v) is 7.23. The fourth-order valence-electron chi connectivity index (χ4n) is 5.34. The van der Waals surface area contributed by atoms with E-state index in [1.54, 1.807) is 19.1 Å². The maximum atomic E-state index is 14.0. The van der Waals surface area contributed by atoms with Gasteiger partial charge in [-0.15, -0.1) is 0 Å². The van der Waals surface area contributed by atoms with E-state index >= 15 is 0 Å². The molecule has 0 radical (unpaired) electrons. The number of carbonyl (C=O) groups is 2. The number of ether oxygens (including phenoxy) is 2. The van der Waals surface area contributed by atoms with Gasteiger partial charge in [0, 0.05) is 29.2 Å². The molecule has 1 aliphatic heterocycles. The van der Waals surface area contributed by atoms with E-state index < -0.39 is 5.54 Å². The molecule has 2 aliphatic rings. The molecule has 2 amide bonds. The van der Waals surface area contributed by atoms with E-state index in [1.807, 2.05) is 60.0 Å². The molecule has 0 bridgehead atoms. The van der Waals surface area contributed by atoms with Gasteiger partial charge in [-0.3, -0.25) is 14.5 Å². The summed E-state index contributed by atoms with van der Waals surface area (Å²) in [5.74, 6) is 1.00. The van der Waals surface area contributed by atoms with Crippen LogP contribution in [-0.4, -0.2) is 42.2 Å². The first kappa shape index (κ1) is 22.3. The fraction of sp³-hybridized carbons (Fsp3) is 0.407. The molecule has 1 aromatic heterocycles. The zero-order valence-electron chi connectivity index (χ0n) is 20.0. The van der Waals surface area contributed by atoms with Crippen molar-refractivity contribution in [3.8, 4) is 11.5 Å². The van der Waals surface area contributed by atoms with Gasteiger partial charge in [0.2, 0.25) is 5.91 Å². The Kier molecular flexibility index (Phi) is 5.71. The minimum atomic E-state index is -1.12. The summed E-state index contributed by atoms with van der Waals surface area (Å²) in [5, 5.41) is 4.21. The lowest BCUT2D eigenvalue weighted by Crippen LogP contribution is -2.65. The minimum absolute atomic E-state index is 0.133. The van der Waals surface area contributed by atoms with Crippen LogP contribution in [0, 0.1) is 0 Å². The van der Waals surface area contributed by atoms with E-state index in [2.05, 4.69) is 5.32 Å². The van der Waals surface area contributed by atoms with Crippen molar-refractivity contribution in [2.24, 2.45) is 0 Å². The molecule has 0 unspecified atom stereocenters. The number of fused-ring (bicyclic) bond motifs is 3. The quantitative estimate of drug-likeness (QED) is 0.606. The third kappa shape index (κ3) is 3.69. The highest BCUT2D eigenvalue weighted by Gasteiger charge is 2.49.